The first-order chi connectivity index (χ1) is 10.7. The molecule has 8 heteroatoms. The Bertz CT molecular complexity index is 639. The molecular formula is C14H16FN5OS. The van der Waals surface area contributed by atoms with Crippen molar-refractivity contribution >= 4 is 17.7 Å². The van der Waals surface area contributed by atoms with Crippen molar-refractivity contribution in [3.8, 4) is 5.69 Å². The van der Waals surface area contributed by atoms with Gasteiger partial charge in [-0.15, -0.1) is 5.10 Å². The molecule has 6 nitrogen and oxygen atoms in total. The summed E-state index contributed by atoms with van der Waals surface area (Å²) in [7, 11) is 0. The second-order valence-corrected chi connectivity index (χ2v) is 6.13. The topological polar surface area (TPSA) is 72.7 Å². The summed E-state index contributed by atoms with van der Waals surface area (Å²) in [6, 6.07) is 6.18. The van der Waals surface area contributed by atoms with Crippen molar-refractivity contribution in [2.75, 3.05) is 5.75 Å². The summed E-state index contributed by atoms with van der Waals surface area (Å²) in [6.45, 7) is 0. The minimum Gasteiger partial charge on any atom is -0.353 e. The fourth-order valence-corrected chi connectivity index (χ4v) is 3.18. The lowest BCUT2D eigenvalue weighted by Gasteiger charge is -2.11. The number of tetrazole rings is 1. The van der Waals surface area contributed by atoms with E-state index in [4.69, 9.17) is 0 Å². The van der Waals surface area contributed by atoms with E-state index < -0.39 is 0 Å². The van der Waals surface area contributed by atoms with E-state index in [0.29, 0.717) is 16.9 Å². The van der Waals surface area contributed by atoms with Gasteiger partial charge in [-0.2, -0.15) is 4.68 Å². The second kappa shape index (κ2) is 6.87. The van der Waals surface area contributed by atoms with Crippen LogP contribution in [-0.4, -0.2) is 37.9 Å². The number of thioether (sulfide) groups is 1. The number of hydrogen-bond acceptors (Lipinski definition) is 5. The maximum absolute atomic E-state index is 13.0. The third kappa shape index (κ3) is 3.62. The van der Waals surface area contributed by atoms with Crippen LogP contribution in [0.15, 0.2) is 29.4 Å². The van der Waals surface area contributed by atoms with Crippen LogP contribution >= 0.6 is 11.8 Å². The molecular weight excluding hydrogens is 305 g/mol. The van der Waals surface area contributed by atoms with Gasteiger partial charge in [0.05, 0.1) is 11.4 Å². The smallest absolute Gasteiger partial charge is 0.230 e. The van der Waals surface area contributed by atoms with Crippen LogP contribution in [0.4, 0.5) is 4.39 Å². The lowest BCUT2D eigenvalue weighted by atomic mass is 10.2. The Hall–Kier alpha value is -1.96. The number of amides is 1. The predicted molar refractivity (Wildman–Crippen MR) is 80.2 cm³/mol. The van der Waals surface area contributed by atoms with Gasteiger partial charge < -0.3 is 5.32 Å². The van der Waals surface area contributed by atoms with Crippen LogP contribution < -0.4 is 5.32 Å². The zero-order valence-corrected chi connectivity index (χ0v) is 12.7. The molecule has 0 atom stereocenters. The molecule has 0 aliphatic heterocycles. The molecule has 1 fully saturated rings. The first-order valence-corrected chi connectivity index (χ1v) is 8.17. The fraction of sp³-hybridized carbons (Fsp3) is 0.429. The lowest BCUT2D eigenvalue weighted by molar-refractivity contribution is -0.119. The molecule has 1 heterocycles. The minimum absolute atomic E-state index is 0.00874. The van der Waals surface area contributed by atoms with E-state index in [2.05, 4.69) is 20.8 Å². The number of carbonyl (C=O) groups excluding carboxylic acids is 1. The van der Waals surface area contributed by atoms with Crippen molar-refractivity contribution < 1.29 is 9.18 Å². The van der Waals surface area contributed by atoms with Crippen LogP contribution in [0, 0.1) is 5.82 Å². The molecule has 1 saturated carbocycles. The minimum atomic E-state index is -0.318. The molecule has 1 aromatic heterocycles. The number of aromatic nitrogens is 4. The van der Waals surface area contributed by atoms with Crippen molar-refractivity contribution in [2.24, 2.45) is 0 Å². The summed E-state index contributed by atoms with van der Waals surface area (Å²) >= 11 is 1.27. The average molecular weight is 321 g/mol. The molecule has 3 rings (SSSR count). The summed E-state index contributed by atoms with van der Waals surface area (Å²) in [5.74, 6) is -0.0644. The van der Waals surface area contributed by atoms with Crippen LogP contribution in [0.25, 0.3) is 5.69 Å². The number of nitrogens with zero attached hydrogens (tertiary/aromatic N) is 4. The van der Waals surface area contributed by atoms with E-state index in [1.807, 2.05) is 0 Å². The number of carbonyl (C=O) groups is 1. The molecule has 1 N–H and O–H groups in total. The van der Waals surface area contributed by atoms with E-state index >= 15 is 0 Å². The molecule has 0 bridgehead atoms. The number of halogens is 1. The van der Waals surface area contributed by atoms with Crippen molar-refractivity contribution in [1.82, 2.24) is 25.5 Å². The van der Waals surface area contributed by atoms with Crippen LogP contribution in [0.2, 0.25) is 0 Å². The highest BCUT2D eigenvalue weighted by molar-refractivity contribution is 7.99. The predicted octanol–water partition coefficient (Wildman–Crippen LogP) is 1.95. The Morgan fingerprint density at radius 3 is 2.77 bits per heavy atom. The number of rotatable bonds is 5. The molecule has 1 aliphatic carbocycles. The van der Waals surface area contributed by atoms with Gasteiger partial charge in [0.1, 0.15) is 5.82 Å². The molecule has 0 unspecified atom stereocenters. The van der Waals surface area contributed by atoms with Crippen LogP contribution in [-0.2, 0) is 4.79 Å². The molecule has 0 spiro atoms. The highest BCUT2D eigenvalue weighted by atomic mass is 32.2. The maximum Gasteiger partial charge on any atom is 0.230 e. The Kier molecular flexibility index (Phi) is 4.67. The normalized spacial score (nSPS) is 15.1. The van der Waals surface area contributed by atoms with Gasteiger partial charge in [0.15, 0.2) is 0 Å². The second-order valence-electron chi connectivity index (χ2n) is 5.19. The van der Waals surface area contributed by atoms with Crippen molar-refractivity contribution in [1.29, 1.82) is 0 Å². The standard InChI is InChI=1S/C14H16FN5OS/c15-10-5-7-12(8-6-10)20-14(17-18-19-20)22-9-13(21)16-11-3-1-2-4-11/h5-8,11H,1-4,9H2,(H,16,21). The van der Waals surface area contributed by atoms with Gasteiger partial charge in [0.2, 0.25) is 11.1 Å². The number of benzene rings is 1. The monoisotopic (exact) mass is 321 g/mol. The summed E-state index contributed by atoms with van der Waals surface area (Å²) in [5, 5.41) is 14.9. The zero-order valence-electron chi connectivity index (χ0n) is 11.9. The molecule has 116 valence electrons. The molecule has 1 aliphatic rings. The molecule has 22 heavy (non-hydrogen) atoms. The zero-order chi connectivity index (χ0) is 15.4. The SMILES string of the molecule is O=C(CSc1nnnn1-c1ccc(F)cc1)NC1CCCC1. The van der Waals surface area contributed by atoms with Gasteiger partial charge >= 0.3 is 0 Å². The van der Waals surface area contributed by atoms with E-state index in [1.54, 1.807) is 12.1 Å². The fourth-order valence-electron chi connectivity index (χ4n) is 2.48. The summed E-state index contributed by atoms with van der Waals surface area (Å²) in [5.41, 5.74) is 0.658. The Morgan fingerprint density at radius 2 is 2.05 bits per heavy atom. The quantitative estimate of drug-likeness (QED) is 0.852. The first kappa shape index (κ1) is 15.0. The van der Waals surface area contributed by atoms with Crippen LogP contribution in [0.5, 0.6) is 0 Å². The van der Waals surface area contributed by atoms with E-state index in [-0.39, 0.29) is 17.5 Å². The number of hydrogen-bond donors (Lipinski definition) is 1. The highest BCUT2D eigenvalue weighted by Gasteiger charge is 2.18. The summed E-state index contributed by atoms with van der Waals surface area (Å²) < 4.78 is 14.5. The van der Waals surface area contributed by atoms with E-state index in [0.717, 1.165) is 12.8 Å². The lowest BCUT2D eigenvalue weighted by Crippen LogP contribution is -2.33. The molecule has 0 saturated heterocycles. The largest absolute Gasteiger partial charge is 0.353 e. The van der Waals surface area contributed by atoms with Crippen LogP contribution in [0.3, 0.4) is 0 Å². The summed E-state index contributed by atoms with van der Waals surface area (Å²) in [6.07, 6.45) is 4.48. The Morgan fingerprint density at radius 1 is 1.32 bits per heavy atom. The van der Waals surface area contributed by atoms with E-state index in [1.165, 1.54) is 41.4 Å². The van der Waals surface area contributed by atoms with Gasteiger partial charge in [0.25, 0.3) is 0 Å². The van der Waals surface area contributed by atoms with Gasteiger partial charge in [-0.1, -0.05) is 24.6 Å². The third-order valence-electron chi connectivity index (χ3n) is 3.56. The van der Waals surface area contributed by atoms with Crippen molar-refractivity contribution in [3.05, 3.63) is 30.1 Å². The average Bonchev–Trinajstić information content (AvgIpc) is 3.17. The van der Waals surface area contributed by atoms with E-state index in [9.17, 15) is 9.18 Å². The van der Waals surface area contributed by atoms with Gasteiger partial charge in [0, 0.05) is 6.04 Å². The van der Waals surface area contributed by atoms with Crippen molar-refractivity contribution in [2.45, 2.75) is 36.9 Å². The summed E-state index contributed by atoms with van der Waals surface area (Å²) in [4.78, 5) is 11.9. The van der Waals surface area contributed by atoms with Gasteiger partial charge in [-0.05, 0) is 47.5 Å². The van der Waals surface area contributed by atoms with Gasteiger partial charge in [-0.3, -0.25) is 4.79 Å². The molecule has 0 radical (unpaired) electrons. The third-order valence-corrected chi connectivity index (χ3v) is 4.48. The Balaban J connectivity index is 1.60. The van der Waals surface area contributed by atoms with Crippen molar-refractivity contribution in [3.63, 3.8) is 0 Å². The number of nitrogens with one attached hydrogen (secondary N) is 1. The Labute approximate surface area is 131 Å². The molecule has 1 amide bonds. The van der Waals surface area contributed by atoms with Crippen LogP contribution in [0.1, 0.15) is 25.7 Å². The molecule has 1 aromatic carbocycles. The first-order valence-electron chi connectivity index (χ1n) is 7.19. The van der Waals surface area contributed by atoms with Gasteiger partial charge in [-0.25, -0.2) is 4.39 Å². The highest BCUT2D eigenvalue weighted by Crippen LogP contribution is 2.20. The molecule has 2 aromatic rings. The maximum atomic E-state index is 13.0.